The Morgan fingerprint density at radius 2 is 1.94 bits per heavy atom. The van der Waals surface area contributed by atoms with E-state index in [1.54, 1.807) is 19.0 Å². The first-order valence-electron chi connectivity index (χ1n) is 6.57. The molecule has 0 aromatic heterocycles. The number of hydrogen-bond donors (Lipinski definition) is 1. The van der Waals surface area contributed by atoms with E-state index in [9.17, 15) is 4.79 Å². The first kappa shape index (κ1) is 14.7. The van der Waals surface area contributed by atoms with Crippen LogP contribution in [0.3, 0.4) is 0 Å². The van der Waals surface area contributed by atoms with Crippen LogP contribution in [0.4, 0.5) is 0 Å². The molecule has 0 saturated carbocycles. The van der Waals surface area contributed by atoms with E-state index in [0.29, 0.717) is 12.3 Å². The molecule has 3 heteroatoms. The van der Waals surface area contributed by atoms with E-state index < -0.39 is 0 Å². The van der Waals surface area contributed by atoms with Crippen LogP contribution in [0.5, 0.6) is 0 Å². The maximum Gasteiger partial charge on any atom is 0.222 e. The minimum absolute atomic E-state index is 0.202. The number of rotatable bonds is 7. The molecular weight excluding hydrogens is 224 g/mol. The third-order valence-corrected chi connectivity index (χ3v) is 3.06. The number of nitrogens with zero attached hydrogens (tertiary/aromatic N) is 1. The molecule has 0 aliphatic rings. The van der Waals surface area contributed by atoms with Crippen LogP contribution in [-0.4, -0.2) is 38.0 Å². The Hall–Kier alpha value is -1.35. The zero-order chi connectivity index (χ0) is 13.4. The molecule has 0 aliphatic carbocycles. The zero-order valence-electron chi connectivity index (χ0n) is 11.6. The Kier molecular flexibility index (Phi) is 6.44. The summed E-state index contributed by atoms with van der Waals surface area (Å²) >= 11 is 0. The maximum atomic E-state index is 11.4. The molecule has 1 aromatic carbocycles. The third kappa shape index (κ3) is 5.32. The maximum absolute atomic E-state index is 11.4. The molecule has 18 heavy (non-hydrogen) atoms. The summed E-state index contributed by atoms with van der Waals surface area (Å²) in [5.41, 5.74) is 1.36. The smallest absolute Gasteiger partial charge is 0.222 e. The van der Waals surface area contributed by atoms with Crippen molar-refractivity contribution in [1.82, 2.24) is 10.2 Å². The highest BCUT2D eigenvalue weighted by Gasteiger charge is 2.05. The largest absolute Gasteiger partial charge is 0.349 e. The van der Waals surface area contributed by atoms with Crippen molar-refractivity contribution < 1.29 is 4.79 Å². The molecule has 1 rings (SSSR count). The lowest BCUT2D eigenvalue weighted by atomic mass is 10.0. The molecule has 3 nitrogen and oxygen atoms in total. The van der Waals surface area contributed by atoms with Gasteiger partial charge in [-0.25, -0.2) is 0 Å². The average Bonchev–Trinajstić information content (AvgIpc) is 2.38. The molecule has 100 valence electrons. The van der Waals surface area contributed by atoms with Crippen molar-refractivity contribution in [1.29, 1.82) is 0 Å². The Morgan fingerprint density at radius 1 is 1.28 bits per heavy atom. The van der Waals surface area contributed by atoms with Gasteiger partial charge in [-0.1, -0.05) is 37.3 Å². The highest BCUT2D eigenvalue weighted by molar-refractivity contribution is 5.75. The van der Waals surface area contributed by atoms with Gasteiger partial charge in [-0.3, -0.25) is 4.79 Å². The van der Waals surface area contributed by atoms with Gasteiger partial charge in [-0.15, -0.1) is 0 Å². The Labute approximate surface area is 110 Å². The Bertz CT molecular complexity index is 349. The molecule has 0 fully saturated rings. The summed E-state index contributed by atoms with van der Waals surface area (Å²) in [6, 6.07) is 10.5. The number of carbonyl (C=O) groups excluding carboxylic acids is 1. The van der Waals surface area contributed by atoms with Crippen molar-refractivity contribution in [2.45, 2.75) is 25.7 Å². The Balaban J connectivity index is 2.13. The lowest BCUT2D eigenvalue weighted by Gasteiger charge is -2.13. The topological polar surface area (TPSA) is 32.3 Å². The molecule has 0 aliphatic heterocycles. The van der Waals surface area contributed by atoms with Crippen LogP contribution < -0.4 is 5.32 Å². The molecule has 1 amide bonds. The van der Waals surface area contributed by atoms with Crippen LogP contribution in [-0.2, 0) is 4.79 Å². The van der Waals surface area contributed by atoms with E-state index in [4.69, 9.17) is 0 Å². The van der Waals surface area contributed by atoms with Crippen molar-refractivity contribution in [3.8, 4) is 0 Å². The molecule has 0 saturated heterocycles. The fourth-order valence-electron chi connectivity index (χ4n) is 1.81. The van der Waals surface area contributed by atoms with Crippen LogP contribution in [0.1, 0.15) is 31.2 Å². The van der Waals surface area contributed by atoms with Crippen molar-refractivity contribution in [2.24, 2.45) is 0 Å². The van der Waals surface area contributed by atoms with Crippen LogP contribution in [0.25, 0.3) is 0 Å². The SMILES string of the molecule is CC(CNCCCC(=O)N(C)C)c1ccccc1. The lowest BCUT2D eigenvalue weighted by Crippen LogP contribution is -2.25. The molecule has 0 spiro atoms. The fraction of sp³-hybridized carbons (Fsp3) is 0.533. The van der Waals surface area contributed by atoms with Gasteiger partial charge in [-0.2, -0.15) is 0 Å². The van der Waals surface area contributed by atoms with Gasteiger partial charge in [-0.05, 0) is 24.4 Å². The minimum atomic E-state index is 0.202. The van der Waals surface area contributed by atoms with Crippen molar-refractivity contribution >= 4 is 5.91 Å². The average molecular weight is 248 g/mol. The second-order valence-electron chi connectivity index (χ2n) is 4.91. The number of amides is 1. The van der Waals surface area contributed by atoms with Gasteiger partial charge < -0.3 is 10.2 Å². The molecule has 1 unspecified atom stereocenters. The monoisotopic (exact) mass is 248 g/mol. The van der Waals surface area contributed by atoms with Gasteiger partial charge in [0, 0.05) is 27.1 Å². The molecule has 0 bridgehead atoms. The van der Waals surface area contributed by atoms with Gasteiger partial charge in [0.2, 0.25) is 5.91 Å². The van der Waals surface area contributed by atoms with Crippen molar-refractivity contribution in [3.05, 3.63) is 35.9 Å². The molecule has 1 aromatic rings. The van der Waals surface area contributed by atoms with Gasteiger partial charge in [0.25, 0.3) is 0 Å². The molecule has 0 heterocycles. The van der Waals surface area contributed by atoms with Crippen LogP contribution in [0, 0.1) is 0 Å². The van der Waals surface area contributed by atoms with E-state index in [2.05, 4.69) is 36.5 Å². The molecule has 1 atom stereocenters. The van der Waals surface area contributed by atoms with Gasteiger partial charge in [0.1, 0.15) is 0 Å². The second-order valence-corrected chi connectivity index (χ2v) is 4.91. The second kappa shape index (κ2) is 7.88. The van der Waals surface area contributed by atoms with E-state index in [1.165, 1.54) is 5.56 Å². The summed E-state index contributed by atoms with van der Waals surface area (Å²) < 4.78 is 0. The number of nitrogens with one attached hydrogen (secondary N) is 1. The fourth-order valence-corrected chi connectivity index (χ4v) is 1.81. The van der Waals surface area contributed by atoms with E-state index in [1.807, 2.05) is 6.07 Å². The van der Waals surface area contributed by atoms with Crippen LogP contribution in [0.15, 0.2) is 30.3 Å². The highest BCUT2D eigenvalue weighted by Crippen LogP contribution is 2.12. The standard InChI is InChI=1S/C15H24N2O/c1-13(14-8-5-4-6-9-14)12-16-11-7-10-15(18)17(2)3/h4-6,8-9,13,16H,7,10-12H2,1-3H3. The summed E-state index contributed by atoms with van der Waals surface area (Å²) in [6.45, 7) is 4.07. The number of benzene rings is 1. The van der Waals surface area contributed by atoms with E-state index in [0.717, 1.165) is 19.5 Å². The van der Waals surface area contributed by atoms with Crippen LogP contribution in [0.2, 0.25) is 0 Å². The summed E-state index contributed by atoms with van der Waals surface area (Å²) in [5, 5.41) is 3.41. The normalized spacial score (nSPS) is 12.2. The van der Waals surface area contributed by atoms with E-state index >= 15 is 0 Å². The predicted molar refractivity (Wildman–Crippen MR) is 75.7 cm³/mol. The minimum Gasteiger partial charge on any atom is -0.349 e. The number of hydrogen-bond acceptors (Lipinski definition) is 2. The van der Waals surface area contributed by atoms with Gasteiger partial charge >= 0.3 is 0 Å². The summed E-state index contributed by atoms with van der Waals surface area (Å²) in [7, 11) is 3.60. The first-order chi connectivity index (χ1) is 8.61. The first-order valence-corrected chi connectivity index (χ1v) is 6.57. The van der Waals surface area contributed by atoms with E-state index in [-0.39, 0.29) is 5.91 Å². The predicted octanol–water partition coefficient (Wildman–Crippen LogP) is 2.25. The summed E-state index contributed by atoms with van der Waals surface area (Å²) in [5.74, 6) is 0.712. The van der Waals surface area contributed by atoms with Crippen molar-refractivity contribution in [2.75, 3.05) is 27.2 Å². The summed E-state index contributed by atoms with van der Waals surface area (Å²) in [6.07, 6.45) is 1.53. The quantitative estimate of drug-likeness (QED) is 0.751. The van der Waals surface area contributed by atoms with Gasteiger partial charge in [0.05, 0.1) is 0 Å². The Morgan fingerprint density at radius 3 is 2.56 bits per heavy atom. The zero-order valence-corrected chi connectivity index (χ0v) is 11.6. The third-order valence-electron chi connectivity index (χ3n) is 3.06. The lowest BCUT2D eigenvalue weighted by molar-refractivity contribution is -0.128. The van der Waals surface area contributed by atoms with Crippen LogP contribution >= 0.6 is 0 Å². The molecule has 0 radical (unpaired) electrons. The molecule has 1 N–H and O–H groups in total. The van der Waals surface area contributed by atoms with Crippen molar-refractivity contribution in [3.63, 3.8) is 0 Å². The summed E-state index contributed by atoms with van der Waals surface area (Å²) in [4.78, 5) is 13.0. The number of carbonyl (C=O) groups is 1. The van der Waals surface area contributed by atoms with Gasteiger partial charge in [0.15, 0.2) is 0 Å². The molecular formula is C15H24N2O. The highest BCUT2D eigenvalue weighted by atomic mass is 16.2.